The largest absolute Gasteiger partial charge is 0.0860 e. The Morgan fingerprint density at radius 1 is 0.917 bits per heavy atom. The SMILES string of the molecule is ICCc1cccc(CCI)c1. The Hall–Kier alpha value is 0.680. The van der Waals surface area contributed by atoms with Gasteiger partial charge in [0.15, 0.2) is 0 Å². The normalized spacial score (nSPS) is 10.2. The van der Waals surface area contributed by atoms with Gasteiger partial charge in [-0.25, -0.2) is 0 Å². The van der Waals surface area contributed by atoms with Gasteiger partial charge < -0.3 is 0 Å². The lowest BCUT2D eigenvalue weighted by atomic mass is 10.1. The van der Waals surface area contributed by atoms with E-state index in [9.17, 15) is 0 Å². The maximum atomic E-state index is 2.42. The molecule has 0 atom stereocenters. The lowest BCUT2D eigenvalue weighted by Gasteiger charge is -2.01. The van der Waals surface area contributed by atoms with E-state index in [0.717, 1.165) is 0 Å². The molecule has 0 saturated heterocycles. The van der Waals surface area contributed by atoms with Gasteiger partial charge in [-0.15, -0.1) is 0 Å². The molecule has 0 saturated carbocycles. The summed E-state index contributed by atoms with van der Waals surface area (Å²) in [6.07, 6.45) is 2.41. The molecule has 66 valence electrons. The molecule has 0 aromatic heterocycles. The number of hydrogen-bond donors (Lipinski definition) is 0. The standard InChI is InChI=1S/C10H12I2/c11-6-4-9-2-1-3-10(8-9)5-7-12/h1-3,8H,4-7H2. The van der Waals surface area contributed by atoms with Crippen LogP contribution in [-0.2, 0) is 12.8 Å². The number of halogens is 2. The molecule has 0 radical (unpaired) electrons. The van der Waals surface area contributed by atoms with Crippen LogP contribution in [0, 0.1) is 0 Å². The zero-order chi connectivity index (χ0) is 8.81. The van der Waals surface area contributed by atoms with Gasteiger partial charge in [-0.05, 0) is 24.0 Å². The molecular weight excluding hydrogens is 374 g/mol. The molecule has 1 aromatic carbocycles. The number of rotatable bonds is 4. The highest BCUT2D eigenvalue weighted by molar-refractivity contribution is 14.1. The van der Waals surface area contributed by atoms with E-state index in [1.54, 1.807) is 0 Å². The van der Waals surface area contributed by atoms with E-state index < -0.39 is 0 Å². The van der Waals surface area contributed by atoms with Crippen molar-refractivity contribution in [3.05, 3.63) is 35.4 Å². The summed E-state index contributed by atoms with van der Waals surface area (Å²) in [6.45, 7) is 0. The van der Waals surface area contributed by atoms with E-state index in [1.165, 1.54) is 32.8 Å². The monoisotopic (exact) mass is 386 g/mol. The van der Waals surface area contributed by atoms with Crippen LogP contribution in [0.4, 0.5) is 0 Å². The first-order chi connectivity index (χ1) is 5.86. The maximum Gasteiger partial charge on any atom is 0.00358 e. The van der Waals surface area contributed by atoms with Crippen LogP contribution < -0.4 is 0 Å². The van der Waals surface area contributed by atoms with E-state index >= 15 is 0 Å². The molecule has 1 rings (SSSR count). The summed E-state index contributed by atoms with van der Waals surface area (Å²) < 4.78 is 2.43. The number of aryl methyl sites for hydroxylation is 2. The van der Waals surface area contributed by atoms with Crippen LogP contribution >= 0.6 is 45.2 Å². The second-order valence-corrected chi connectivity index (χ2v) is 4.86. The average molecular weight is 386 g/mol. The average Bonchev–Trinajstić information content (AvgIpc) is 2.06. The van der Waals surface area contributed by atoms with Crippen LogP contribution in [0.1, 0.15) is 11.1 Å². The fraction of sp³-hybridized carbons (Fsp3) is 0.400. The Morgan fingerprint density at radius 3 is 1.83 bits per heavy atom. The summed E-state index contributed by atoms with van der Waals surface area (Å²) in [6, 6.07) is 8.94. The van der Waals surface area contributed by atoms with E-state index in [-0.39, 0.29) is 0 Å². The van der Waals surface area contributed by atoms with E-state index in [2.05, 4.69) is 69.4 Å². The summed E-state index contributed by atoms with van der Waals surface area (Å²) in [5.74, 6) is 0. The Labute approximate surface area is 101 Å². The first-order valence-electron chi connectivity index (χ1n) is 4.06. The minimum atomic E-state index is 1.20. The van der Waals surface area contributed by atoms with E-state index in [0.29, 0.717) is 0 Å². The molecule has 12 heavy (non-hydrogen) atoms. The van der Waals surface area contributed by atoms with Gasteiger partial charge in [-0.1, -0.05) is 69.4 Å². The Morgan fingerprint density at radius 2 is 1.42 bits per heavy atom. The van der Waals surface area contributed by atoms with Gasteiger partial charge in [0.2, 0.25) is 0 Å². The highest BCUT2D eigenvalue weighted by Crippen LogP contribution is 2.08. The predicted octanol–water partition coefficient (Wildman–Crippen LogP) is 3.64. The van der Waals surface area contributed by atoms with Crippen LogP contribution in [-0.4, -0.2) is 8.86 Å². The summed E-state index contributed by atoms with van der Waals surface area (Å²) in [5, 5.41) is 0. The van der Waals surface area contributed by atoms with Crippen LogP contribution in [0.15, 0.2) is 24.3 Å². The first kappa shape index (κ1) is 10.8. The summed E-state index contributed by atoms with van der Waals surface area (Å²) in [7, 11) is 0. The predicted molar refractivity (Wildman–Crippen MR) is 71.6 cm³/mol. The van der Waals surface area contributed by atoms with Gasteiger partial charge in [0.1, 0.15) is 0 Å². The highest BCUT2D eigenvalue weighted by Gasteiger charge is 1.94. The molecule has 0 nitrogen and oxygen atoms in total. The molecule has 0 fully saturated rings. The molecule has 0 heterocycles. The van der Waals surface area contributed by atoms with Crippen LogP contribution in [0.2, 0.25) is 0 Å². The lowest BCUT2D eigenvalue weighted by Crippen LogP contribution is -1.90. The van der Waals surface area contributed by atoms with Crippen molar-refractivity contribution in [1.29, 1.82) is 0 Å². The maximum absolute atomic E-state index is 2.42. The lowest BCUT2D eigenvalue weighted by molar-refractivity contribution is 1.12. The quantitative estimate of drug-likeness (QED) is 0.548. The number of hydrogen-bond acceptors (Lipinski definition) is 0. The molecule has 0 N–H and O–H groups in total. The molecule has 0 amide bonds. The van der Waals surface area contributed by atoms with E-state index in [4.69, 9.17) is 0 Å². The van der Waals surface area contributed by atoms with Crippen molar-refractivity contribution < 1.29 is 0 Å². The van der Waals surface area contributed by atoms with Gasteiger partial charge >= 0.3 is 0 Å². The molecule has 1 aromatic rings. The minimum absolute atomic E-state index is 1.20. The second kappa shape index (κ2) is 6.18. The van der Waals surface area contributed by atoms with Crippen molar-refractivity contribution in [2.45, 2.75) is 12.8 Å². The van der Waals surface area contributed by atoms with Crippen molar-refractivity contribution in [1.82, 2.24) is 0 Å². The molecular formula is C10H12I2. The Balaban J connectivity index is 2.67. The summed E-state index contributed by atoms with van der Waals surface area (Å²) in [5.41, 5.74) is 2.96. The van der Waals surface area contributed by atoms with Crippen LogP contribution in [0.5, 0.6) is 0 Å². The third kappa shape index (κ3) is 3.60. The fourth-order valence-corrected chi connectivity index (χ4v) is 2.40. The van der Waals surface area contributed by atoms with Crippen molar-refractivity contribution >= 4 is 45.2 Å². The smallest absolute Gasteiger partial charge is 0.00358 e. The third-order valence-electron chi connectivity index (χ3n) is 1.76. The molecule has 0 aliphatic rings. The van der Waals surface area contributed by atoms with Gasteiger partial charge in [0, 0.05) is 8.86 Å². The van der Waals surface area contributed by atoms with Crippen molar-refractivity contribution in [3.8, 4) is 0 Å². The second-order valence-electron chi connectivity index (χ2n) is 2.70. The first-order valence-corrected chi connectivity index (χ1v) is 7.11. The van der Waals surface area contributed by atoms with Gasteiger partial charge in [-0.2, -0.15) is 0 Å². The van der Waals surface area contributed by atoms with E-state index in [1.807, 2.05) is 0 Å². The molecule has 0 unspecified atom stereocenters. The molecule has 0 bridgehead atoms. The molecule has 0 spiro atoms. The van der Waals surface area contributed by atoms with Crippen molar-refractivity contribution in [2.75, 3.05) is 8.86 Å². The van der Waals surface area contributed by atoms with Crippen molar-refractivity contribution in [3.63, 3.8) is 0 Å². The Kier molecular flexibility index (Phi) is 5.54. The van der Waals surface area contributed by atoms with Gasteiger partial charge in [-0.3, -0.25) is 0 Å². The number of benzene rings is 1. The third-order valence-corrected chi connectivity index (χ3v) is 2.84. The summed E-state index contributed by atoms with van der Waals surface area (Å²) >= 11 is 4.85. The van der Waals surface area contributed by atoms with Crippen LogP contribution in [0.25, 0.3) is 0 Å². The van der Waals surface area contributed by atoms with Gasteiger partial charge in [0.05, 0.1) is 0 Å². The fourth-order valence-electron chi connectivity index (χ4n) is 1.16. The number of alkyl halides is 2. The topological polar surface area (TPSA) is 0 Å². The van der Waals surface area contributed by atoms with Crippen molar-refractivity contribution in [2.24, 2.45) is 0 Å². The molecule has 2 heteroatoms. The van der Waals surface area contributed by atoms with Gasteiger partial charge in [0.25, 0.3) is 0 Å². The highest BCUT2D eigenvalue weighted by atomic mass is 127. The molecule has 0 aliphatic carbocycles. The zero-order valence-electron chi connectivity index (χ0n) is 6.89. The molecule has 0 aliphatic heterocycles. The Bertz CT molecular complexity index is 212. The zero-order valence-corrected chi connectivity index (χ0v) is 11.2. The minimum Gasteiger partial charge on any atom is -0.0860 e. The van der Waals surface area contributed by atoms with Crippen LogP contribution in [0.3, 0.4) is 0 Å². The summed E-state index contributed by atoms with van der Waals surface area (Å²) in [4.78, 5) is 0.